The predicted molar refractivity (Wildman–Crippen MR) is 84.3 cm³/mol. The Bertz CT molecular complexity index is 1250. The second-order valence-corrected chi connectivity index (χ2v) is 10.5. The van der Waals surface area contributed by atoms with Crippen LogP contribution in [0.15, 0.2) is 43.8 Å². The minimum absolute atomic E-state index is 0. The largest absolute Gasteiger partial charge is 1.00 e. The molecule has 4 N–H and O–H groups in total. The van der Waals surface area contributed by atoms with Gasteiger partial charge >= 0.3 is 18.9 Å². The van der Waals surface area contributed by atoms with Crippen LogP contribution in [0.4, 0.5) is 0 Å². The third-order valence-corrected chi connectivity index (χ3v) is 6.54. The molecule has 27 heavy (non-hydrogen) atoms. The second-order valence-electron chi connectivity index (χ2n) is 4.84. The van der Waals surface area contributed by atoms with E-state index in [1.54, 1.807) is 0 Å². The van der Waals surface area contributed by atoms with E-state index in [0.29, 0.717) is 12.1 Å². The average Bonchev–Trinajstić information content (AvgIpc) is 2.40. The Labute approximate surface area is 166 Å². The molecule has 0 bridgehead atoms. The van der Waals surface area contributed by atoms with Crippen LogP contribution in [0.1, 0.15) is 1.43 Å². The molecule has 0 saturated heterocycles. The SMILES string of the molecule is O=S(=O)(O)c1cc(S(=O)(=O)O)c2cc(S(=O)(=O)O)cc(S(=O)(=O)O)c2c1.[H-].[Li+]. The number of benzene rings is 2. The van der Waals surface area contributed by atoms with Crippen molar-refractivity contribution < 1.29 is 72.2 Å². The average molecular weight is 456 g/mol. The van der Waals surface area contributed by atoms with E-state index in [9.17, 15) is 42.8 Å². The monoisotopic (exact) mass is 456 g/mol. The van der Waals surface area contributed by atoms with Crippen LogP contribution in [-0.4, -0.2) is 51.9 Å². The van der Waals surface area contributed by atoms with Gasteiger partial charge in [0.15, 0.2) is 0 Å². The third-order valence-electron chi connectivity index (χ3n) is 3.09. The van der Waals surface area contributed by atoms with Crippen molar-refractivity contribution in [2.24, 2.45) is 0 Å². The molecule has 0 spiro atoms. The zero-order chi connectivity index (χ0) is 20.3. The molecule has 146 valence electrons. The molecule has 2 rings (SSSR count). The summed E-state index contributed by atoms with van der Waals surface area (Å²) < 4.78 is 128. The van der Waals surface area contributed by atoms with Gasteiger partial charge in [-0.25, -0.2) is 0 Å². The summed E-state index contributed by atoms with van der Waals surface area (Å²) in [5.74, 6) is 0. The predicted octanol–water partition coefficient (Wildman–Crippen LogP) is -3.06. The van der Waals surface area contributed by atoms with E-state index in [1.807, 2.05) is 0 Å². The van der Waals surface area contributed by atoms with Crippen molar-refractivity contribution in [2.75, 3.05) is 0 Å². The molecule has 0 aliphatic carbocycles. The Morgan fingerprint density at radius 3 is 0.963 bits per heavy atom. The van der Waals surface area contributed by atoms with Gasteiger partial charge in [-0.2, -0.15) is 33.7 Å². The molecule has 0 unspecified atom stereocenters. The molecule has 0 radical (unpaired) electrons. The van der Waals surface area contributed by atoms with Gasteiger partial charge in [-0.1, -0.05) is 0 Å². The Morgan fingerprint density at radius 1 is 0.519 bits per heavy atom. The van der Waals surface area contributed by atoms with Crippen molar-refractivity contribution in [2.45, 2.75) is 19.6 Å². The summed E-state index contributed by atoms with van der Waals surface area (Å²) in [6.45, 7) is 0. The zero-order valence-corrected chi connectivity index (χ0v) is 16.3. The maximum atomic E-state index is 11.5. The Hall–Kier alpha value is -1.06. The van der Waals surface area contributed by atoms with Crippen LogP contribution >= 0.6 is 0 Å². The van der Waals surface area contributed by atoms with Gasteiger partial charge in [0.05, 0.1) is 9.79 Å². The Kier molecular flexibility index (Phi) is 6.28. The maximum Gasteiger partial charge on any atom is 1.00 e. The minimum atomic E-state index is -5.27. The Balaban J connectivity index is 0.00000364. The summed E-state index contributed by atoms with van der Waals surface area (Å²) in [6.07, 6.45) is 0. The van der Waals surface area contributed by atoms with Crippen molar-refractivity contribution in [3.63, 3.8) is 0 Å². The molecular formula is C10H9LiO12S4. The standard InChI is InChI=1S/C10H8O12S4.Li.H/c11-23(12,13)5-1-7-8(10(3-5)26(20,21)22)2-6(24(14,15)16)4-9(7)25(17,18)19;;/h1-4H,(H,11,12,13)(H,14,15,16)(H,17,18,19)(H,20,21,22);;/q;+1;-1. The summed E-state index contributed by atoms with van der Waals surface area (Å²) >= 11 is 0. The Morgan fingerprint density at radius 2 is 0.778 bits per heavy atom. The van der Waals surface area contributed by atoms with Crippen molar-refractivity contribution in [3.8, 4) is 0 Å². The summed E-state index contributed by atoms with van der Waals surface area (Å²) in [7, 11) is -20.7. The third kappa shape index (κ3) is 5.06. The summed E-state index contributed by atoms with van der Waals surface area (Å²) in [5, 5.41) is -1.72. The number of fused-ring (bicyclic) bond motifs is 1. The normalized spacial score (nSPS) is 13.3. The van der Waals surface area contributed by atoms with E-state index in [1.165, 1.54) is 0 Å². The number of rotatable bonds is 4. The van der Waals surface area contributed by atoms with Crippen LogP contribution < -0.4 is 18.9 Å². The molecule has 2 aromatic rings. The molecule has 12 nitrogen and oxygen atoms in total. The van der Waals surface area contributed by atoms with Gasteiger partial charge in [0.2, 0.25) is 0 Å². The molecule has 0 saturated carbocycles. The van der Waals surface area contributed by atoms with Crippen molar-refractivity contribution in [1.82, 2.24) is 0 Å². The van der Waals surface area contributed by atoms with Gasteiger partial charge in [0.25, 0.3) is 40.5 Å². The number of hydrogen-bond donors (Lipinski definition) is 4. The molecule has 0 heterocycles. The smallest absolute Gasteiger partial charge is 1.00 e. The molecule has 0 aromatic heterocycles. The van der Waals surface area contributed by atoms with E-state index in [0.717, 1.165) is 0 Å². The first kappa shape index (κ1) is 24.0. The summed E-state index contributed by atoms with van der Waals surface area (Å²) in [6, 6.07) is 1.32. The topological polar surface area (TPSA) is 217 Å². The molecule has 0 atom stereocenters. The fourth-order valence-corrected chi connectivity index (χ4v) is 4.73. The van der Waals surface area contributed by atoms with Gasteiger partial charge < -0.3 is 1.43 Å². The van der Waals surface area contributed by atoms with Crippen LogP contribution in [0, 0.1) is 0 Å². The van der Waals surface area contributed by atoms with Crippen molar-refractivity contribution in [1.29, 1.82) is 0 Å². The fourth-order valence-electron chi connectivity index (χ4n) is 2.07. The van der Waals surface area contributed by atoms with Gasteiger partial charge in [-0.15, -0.1) is 0 Å². The van der Waals surface area contributed by atoms with Crippen LogP contribution in [0.2, 0.25) is 0 Å². The number of hydrogen-bond acceptors (Lipinski definition) is 8. The van der Waals surface area contributed by atoms with Gasteiger partial charge in [0, 0.05) is 10.8 Å². The molecule has 0 aliphatic rings. The van der Waals surface area contributed by atoms with Crippen molar-refractivity contribution >= 4 is 51.2 Å². The van der Waals surface area contributed by atoms with Gasteiger partial charge in [0.1, 0.15) is 9.79 Å². The summed E-state index contributed by atoms with van der Waals surface area (Å²) in [4.78, 5) is -4.92. The fraction of sp³-hybridized carbons (Fsp3) is 0. The molecule has 0 fully saturated rings. The second kappa shape index (κ2) is 7.08. The minimum Gasteiger partial charge on any atom is -1.00 e. The maximum absolute atomic E-state index is 11.5. The van der Waals surface area contributed by atoms with Gasteiger partial charge in [-0.3, -0.25) is 18.2 Å². The first-order valence-electron chi connectivity index (χ1n) is 5.94. The first-order valence-corrected chi connectivity index (χ1v) is 11.7. The molecule has 17 heteroatoms. The van der Waals surface area contributed by atoms with E-state index >= 15 is 0 Å². The van der Waals surface area contributed by atoms with E-state index < -0.39 is 70.8 Å². The van der Waals surface area contributed by atoms with E-state index in [2.05, 4.69) is 0 Å². The van der Waals surface area contributed by atoms with Crippen molar-refractivity contribution in [3.05, 3.63) is 24.3 Å². The van der Waals surface area contributed by atoms with E-state index in [-0.39, 0.29) is 32.4 Å². The molecular weight excluding hydrogens is 447 g/mol. The van der Waals surface area contributed by atoms with Crippen LogP contribution in [0.25, 0.3) is 10.8 Å². The van der Waals surface area contributed by atoms with Crippen LogP contribution in [0.3, 0.4) is 0 Å². The zero-order valence-electron chi connectivity index (χ0n) is 14.0. The molecule has 2 aromatic carbocycles. The van der Waals surface area contributed by atoms with Crippen LogP contribution in [0.5, 0.6) is 0 Å². The van der Waals surface area contributed by atoms with E-state index in [4.69, 9.17) is 9.11 Å². The van der Waals surface area contributed by atoms with Crippen LogP contribution in [-0.2, 0) is 40.5 Å². The quantitative estimate of drug-likeness (QED) is 0.266. The van der Waals surface area contributed by atoms with Gasteiger partial charge in [-0.05, 0) is 24.3 Å². The first-order chi connectivity index (χ1) is 11.4. The molecule has 0 aliphatic heterocycles. The molecule has 0 amide bonds. The summed E-state index contributed by atoms with van der Waals surface area (Å²) in [5.41, 5.74) is 0.